The third-order valence-corrected chi connectivity index (χ3v) is 1.52. The third-order valence-electron chi connectivity index (χ3n) is 0.743. The molecule has 0 saturated carbocycles. The van der Waals surface area contributed by atoms with Crippen molar-refractivity contribution in [3.05, 3.63) is 33.9 Å². The summed E-state index contributed by atoms with van der Waals surface area (Å²) < 4.78 is 1.33. The highest BCUT2D eigenvalue weighted by Crippen LogP contribution is 1.80. The summed E-state index contributed by atoms with van der Waals surface area (Å²) in [7, 11) is 0. The lowest BCUT2D eigenvalue weighted by Crippen LogP contribution is -3.34. The van der Waals surface area contributed by atoms with Crippen LogP contribution < -0.4 is 22.6 Å². The molecule has 1 aromatic carbocycles. The summed E-state index contributed by atoms with van der Waals surface area (Å²) in [5, 5.41) is 0. The van der Waals surface area contributed by atoms with Gasteiger partial charge < -0.3 is 0 Å². The van der Waals surface area contributed by atoms with Crippen LogP contribution in [0.25, 0.3) is 0 Å². The summed E-state index contributed by atoms with van der Waals surface area (Å²) in [4.78, 5) is 0. The fourth-order valence-corrected chi connectivity index (χ4v) is 0.869. The molecule has 7 heavy (non-hydrogen) atoms. The average molecular weight is 205 g/mol. The van der Waals surface area contributed by atoms with Crippen molar-refractivity contribution in [3.63, 3.8) is 0 Å². The van der Waals surface area contributed by atoms with Crippen LogP contribution >= 0.6 is 0 Å². The van der Waals surface area contributed by atoms with E-state index in [9.17, 15) is 0 Å². The Morgan fingerprint density at radius 3 is 1.86 bits per heavy atom. The molecular weight excluding hydrogens is 199 g/mol. The standard InChI is InChI=1S/C6H6I/c7-6-4-2-1-3-5-6/h1-5,7H/q+1. The fraction of sp³-hybridized carbons (Fsp3) is 0. The molecule has 0 spiro atoms. The Labute approximate surface area is 56.7 Å². The molecule has 0 aliphatic heterocycles. The molecule has 0 bridgehead atoms. The largest absolute Gasteiger partial charge is 0.296 e. The maximum absolute atomic E-state index is 2.09. The molecule has 0 nitrogen and oxygen atoms in total. The highest BCUT2D eigenvalue weighted by Gasteiger charge is 1.85. The fourth-order valence-electron chi connectivity index (χ4n) is 0.420. The number of hydrogen-bond acceptors (Lipinski definition) is 0. The van der Waals surface area contributed by atoms with Gasteiger partial charge in [-0.25, -0.2) is 0 Å². The highest BCUT2D eigenvalue weighted by molar-refractivity contribution is 4.98. The van der Waals surface area contributed by atoms with E-state index in [4.69, 9.17) is 0 Å². The van der Waals surface area contributed by atoms with Crippen molar-refractivity contribution in [2.24, 2.45) is 0 Å². The third kappa shape index (κ3) is 1.47. The molecule has 0 aliphatic rings. The lowest BCUT2D eigenvalue weighted by atomic mass is 10.4. The van der Waals surface area contributed by atoms with E-state index in [0.29, 0.717) is 0 Å². The molecule has 1 heteroatoms. The zero-order chi connectivity index (χ0) is 5.11. The zero-order valence-corrected chi connectivity index (χ0v) is 6.13. The van der Waals surface area contributed by atoms with Gasteiger partial charge in [0, 0.05) is 0 Å². The Bertz CT molecular complexity index is 134. The second-order valence-electron chi connectivity index (χ2n) is 1.31. The van der Waals surface area contributed by atoms with Crippen molar-refractivity contribution in [3.8, 4) is 0 Å². The SMILES string of the molecule is [IH+]c1ccccc1. The second kappa shape index (κ2) is 2.31. The molecule has 0 aromatic heterocycles. The van der Waals surface area contributed by atoms with Crippen LogP contribution in [0.15, 0.2) is 30.3 Å². The molecule has 0 amide bonds. The van der Waals surface area contributed by atoms with Gasteiger partial charge in [0.05, 0.1) is 0 Å². The molecular formula is C6H6I+. The maximum Gasteiger partial charge on any atom is 0.296 e. The summed E-state index contributed by atoms with van der Waals surface area (Å²) in [6.07, 6.45) is 0. The molecule has 0 heterocycles. The molecule has 0 atom stereocenters. The van der Waals surface area contributed by atoms with Gasteiger partial charge in [-0.2, -0.15) is 0 Å². The van der Waals surface area contributed by atoms with E-state index in [1.54, 1.807) is 0 Å². The monoisotopic (exact) mass is 205 g/mol. The van der Waals surface area contributed by atoms with Crippen LogP contribution in [0.2, 0.25) is 0 Å². The highest BCUT2D eigenvalue weighted by atomic mass is 127. The van der Waals surface area contributed by atoms with Crippen molar-refractivity contribution in [2.45, 2.75) is 0 Å². The minimum absolute atomic E-state index is 1.33. The smallest absolute Gasteiger partial charge is 0.0619 e. The van der Waals surface area contributed by atoms with E-state index in [-0.39, 0.29) is 0 Å². The van der Waals surface area contributed by atoms with Crippen LogP contribution in [0.4, 0.5) is 0 Å². The van der Waals surface area contributed by atoms with Gasteiger partial charge in [0.15, 0.2) is 3.57 Å². The van der Waals surface area contributed by atoms with Crippen LogP contribution in [0.1, 0.15) is 0 Å². The first-order valence-corrected chi connectivity index (χ1v) is 3.28. The minimum Gasteiger partial charge on any atom is -0.0619 e. The average Bonchev–Trinajstić information content (AvgIpc) is 1.69. The van der Waals surface area contributed by atoms with Crippen LogP contribution in [0, 0.1) is 3.57 Å². The van der Waals surface area contributed by atoms with E-state index in [1.165, 1.54) is 3.57 Å². The first-order chi connectivity index (χ1) is 3.39. The summed E-state index contributed by atoms with van der Waals surface area (Å²) in [6, 6.07) is 10.3. The van der Waals surface area contributed by atoms with Crippen molar-refractivity contribution >= 4 is 0 Å². The molecule has 0 N–H and O–H groups in total. The molecule has 1 aromatic rings. The number of rotatable bonds is 0. The van der Waals surface area contributed by atoms with Gasteiger partial charge in [-0.3, -0.25) is 0 Å². The molecule has 36 valence electrons. The molecule has 1 rings (SSSR count). The molecule has 0 aliphatic carbocycles. The van der Waals surface area contributed by atoms with Crippen LogP contribution in [-0.2, 0) is 0 Å². The van der Waals surface area contributed by atoms with Crippen LogP contribution in [0.5, 0.6) is 0 Å². The van der Waals surface area contributed by atoms with Gasteiger partial charge in [-0.05, 0) is 12.1 Å². The lowest BCUT2D eigenvalue weighted by Gasteiger charge is -1.72. The maximum atomic E-state index is 2.09. The van der Waals surface area contributed by atoms with Gasteiger partial charge in [-0.1, -0.05) is 18.2 Å². The topological polar surface area (TPSA) is 0 Å². The molecule has 0 radical (unpaired) electrons. The number of benzene rings is 1. The number of halogens is 1. The zero-order valence-electron chi connectivity index (χ0n) is 3.79. The van der Waals surface area contributed by atoms with Crippen LogP contribution in [-0.4, -0.2) is 0 Å². The van der Waals surface area contributed by atoms with Crippen LogP contribution in [0.3, 0.4) is 0 Å². The van der Waals surface area contributed by atoms with Crippen molar-refractivity contribution in [1.82, 2.24) is 0 Å². The lowest BCUT2D eigenvalue weighted by molar-refractivity contribution is -0.328. The van der Waals surface area contributed by atoms with E-state index >= 15 is 0 Å². The predicted octanol–water partition coefficient (Wildman–Crippen LogP) is -1.86. The van der Waals surface area contributed by atoms with E-state index < -0.39 is 0 Å². The summed E-state index contributed by atoms with van der Waals surface area (Å²) in [5.74, 6) is 0. The van der Waals surface area contributed by atoms with Gasteiger partial charge >= 0.3 is 0 Å². The van der Waals surface area contributed by atoms with Crippen molar-refractivity contribution in [1.29, 1.82) is 0 Å². The Morgan fingerprint density at radius 2 is 1.57 bits per heavy atom. The quantitative estimate of drug-likeness (QED) is 0.436. The summed E-state index contributed by atoms with van der Waals surface area (Å²) in [5.41, 5.74) is 0. The van der Waals surface area contributed by atoms with Gasteiger partial charge in [0.25, 0.3) is 22.6 Å². The summed E-state index contributed by atoms with van der Waals surface area (Å²) in [6.45, 7) is 0. The molecule has 0 fully saturated rings. The summed E-state index contributed by atoms with van der Waals surface area (Å²) >= 11 is 2.02. The van der Waals surface area contributed by atoms with Gasteiger partial charge in [0.2, 0.25) is 0 Å². The Morgan fingerprint density at radius 1 is 1.00 bits per heavy atom. The Balaban J connectivity index is 3.02. The number of hydrogen-bond donors (Lipinski definition) is 0. The second-order valence-corrected chi connectivity index (χ2v) is 2.66. The van der Waals surface area contributed by atoms with E-state index in [1.807, 2.05) is 40.8 Å². The Kier molecular flexibility index (Phi) is 1.68. The first-order valence-electron chi connectivity index (χ1n) is 2.11. The first kappa shape index (κ1) is 5.09. The molecule has 0 saturated heterocycles. The van der Waals surface area contributed by atoms with Gasteiger partial charge in [-0.15, -0.1) is 0 Å². The van der Waals surface area contributed by atoms with Crippen molar-refractivity contribution in [2.75, 3.05) is 0 Å². The molecule has 0 unspecified atom stereocenters. The minimum atomic E-state index is 1.33. The predicted molar refractivity (Wildman–Crippen MR) is 26.5 cm³/mol. The van der Waals surface area contributed by atoms with E-state index in [2.05, 4.69) is 12.1 Å². The normalized spacial score (nSPS) is 8.71. The van der Waals surface area contributed by atoms with E-state index in [0.717, 1.165) is 0 Å². The van der Waals surface area contributed by atoms with Gasteiger partial charge in [0.1, 0.15) is 0 Å². The van der Waals surface area contributed by atoms with Crippen molar-refractivity contribution < 1.29 is 22.6 Å². The Hall–Kier alpha value is -0.0500.